The number of nitrogens with zero attached hydrogens (tertiary/aromatic N) is 6. The van der Waals surface area contributed by atoms with E-state index in [2.05, 4.69) is 15.1 Å². The van der Waals surface area contributed by atoms with Gasteiger partial charge in [-0.15, -0.1) is 0 Å². The van der Waals surface area contributed by atoms with Gasteiger partial charge < -0.3 is 0 Å². The number of alkyl halides is 3. The van der Waals surface area contributed by atoms with Crippen molar-refractivity contribution in [2.24, 2.45) is 0 Å². The maximum atomic E-state index is 13.0. The molecule has 0 aliphatic carbocycles. The second-order valence-electron chi connectivity index (χ2n) is 9.04. The minimum absolute atomic E-state index is 0.0893. The second-order valence-corrected chi connectivity index (χ2v) is 9.04. The summed E-state index contributed by atoms with van der Waals surface area (Å²) in [6.07, 6.45) is -0.870. The van der Waals surface area contributed by atoms with E-state index in [1.54, 1.807) is 48.5 Å². The zero-order chi connectivity index (χ0) is 25.6. The largest absolute Gasteiger partial charge is 0.435 e. The van der Waals surface area contributed by atoms with E-state index >= 15 is 0 Å². The summed E-state index contributed by atoms with van der Waals surface area (Å²) in [5.74, 6) is 1.16. The Kier molecular flexibility index (Phi) is 5.82. The molecule has 0 bridgehead atoms. The lowest BCUT2D eigenvalue weighted by atomic mass is 10.0. The Morgan fingerprint density at radius 1 is 1.08 bits per heavy atom. The van der Waals surface area contributed by atoms with Crippen LogP contribution >= 0.6 is 0 Å². The molecule has 5 rings (SSSR count). The Hall–Kier alpha value is -4.08. The summed E-state index contributed by atoms with van der Waals surface area (Å²) in [4.78, 5) is 28.1. The monoisotopic (exact) mass is 492 g/mol. The molecule has 0 saturated heterocycles. The lowest BCUT2D eigenvalue weighted by Gasteiger charge is -2.18. The highest BCUT2D eigenvalue weighted by Crippen LogP contribution is 2.32. The first-order chi connectivity index (χ1) is 17.1. The number of amides is 1. The quantitative estimate of drug-likeness (QED) is 0.380. The average molecular weight is 493 g/mol. The maximum absolute atomic E-state index is 13.0. The van der Waals surface area contributed by atoms with Crippen molar-refractivity contribution in [1.82, 2.24) is 24.7 Å². The number of benzene rings is 1. The van der Waals surface area contributed by atoms with Gasteiger partial charge in [-0.3, -0.25) is 14.7 Å². The molecule has 7 nitrogen and oxygen atoms in total. The van der Waals surface area contributed by atoms with Crippen LogP contribution in [0.15, 0.2) is 54.9 Å². The average Bonchev–Trinajstić information content (AvgIpc) is 3.39. The summed E-state index contributed by atoms with van der Waals surface area (Å²) < 4.78 is 40.3. The molecule has 0 unspecified atom stereocenters. The number of carbonyl (C=O) groups is 1. The van der Waals surface area contributed by atoms with Crippen molar-refractivity contribution in [1.29, 1.82) is 0 Å². The van der Waals surface area contributed by atoms with Crippen LogP contribution in [0.25, 0.3) is 17.1 Å². The van der Waals surface area contributed by atoms with Crippen molar-refractivity contribution in [2.75, 3.05) is 4.90 Å². The van der Waals surface area contributed by atoms with Crippen LogP contribution in [0, 0.1) is 6.92 Å². The molecular formula is C26H23F3N6O. The minimum atomic E-state index is -4.51. The van der Waals surface area contributed by atoms with Crippen molar-refractivity contribution < 1.29 is 18.0 Å². The molecule has 1 aliphatic rings. The van der Waals surface area contributed by atoms with Crippen LogP contribution in [0.1, 0.15) is 48.0 Å². The molecule has 0 saturated carbocycles. The summed E-state index contributed by atoms with van der Waals surface area (Å²) in [5.41, 5.74) is 3.21. The van der Waals surface area contributed by atoms with E-state index in [1.165, 1.54) is 4.68 Å². The van der Waals surface area contributed by atoms with Crippen molar-refractivity contribution >= 4 is 11.7 Å². The highest BCUT2D eigenvalue weighted by Gasteiger charge is 2.34. The molecule has 10 heteroatoms. The van der Waals surface area contributed by atoms with Crippen LogP contribution in [0.2, 0.25) is 0 Å². The third-order valence-corrected chi connectivity index (χ3v) is 6.07. The van der Waals surface area contributed by atoms with E-state index in [4.69, 9.17) is 4.98 Å². The number of pyridine rings is 1. The van der Waals surface area contributed by atoms with Gasteiger partial charge in [0.05, 0.1) is 24.3 Å². The number of hydrogen-bond acceptors (Lipinski definition) is 5. The molecule has 184 valence electrons. The number of aryl methyl sites for hydroxylation is 1. The Labute approximate surface area is 205 Å². The van der Waals surface area contributed by atoms with Gasteiger partial charge in [0.15, 0.2) is 11.5 Å². The molecule has 1 amide bonds. The Morgan fingerprint density at radius 3 is 2.50 bits per heavy atom. The Morgan fingerprint density at radius 2 is 1.83 bits per heavy atom. The van der Waals surface area contributed by atoms with Crippen LogP contribution in [0.3, 0.4) is 0 Å². The van der Waals surface area contributed by atoms with E-state index < -0.39 is 11.9 Å². The van der Waals surface area contributed by atoms with Gasteiger partial charge in [-0.05, 0) is 48.7 Å². The molecule has 0 N–H and O–H groups in total. The van der Waals surface area contributed by atoms with Crippen LogP contribution in [-0.4, -0.2) is 30.6 Å². The summed E-state index contributed by atoms with van der Waals surface area (Å²) in [5, 5.41) is 3.69. The minimum Gasteiger partial charge on any atom is -0.292 e. The molecule has 0 atom stereocenters. The van der Waals surface area contributed by atoms with E-state index in [0.717, 1.165) is 28.5 Å². The number of aromatic nitrogens is 5. The molecule has 36 heavy (non-hydrogen) atoms. The summed E-state index contributed by atoms with van der Waals surface area (Å²) >= 11 is 0. The van der Waals surface area contributed by atoms with Gasteiger partial charge >= 0.3 is 6.18 Å². The Balaban J connectivity index is 1.42. The summed E-state index contributed by atoms with van der Waals surface area (Å²) in [6.45, 7) is 5.94. The molecule has 0 spiro atoms. The topological polar surface area (TPSA) is 76.8 Å². The first-order valence-corrected chi connectivity index (χ1v) is 11.5. The van der Waals surface area contributed by atoms with Gasteiger partial charge in [0.2, 0.25) is 5.91 Å². The third-order valence-electron chi connectivity index (χ3n) is 6.07. The van der Waals surface area contributed by atoms with Crippen molar-refractivity contribution in [3.8, 4) is 17.1 Å². The predicted octanol–water partition coefficient (Wildman–Crippen LogP) is 5.26. The van der Waals surface area contributed by atoms with E-state index in [9.17, 15) is 18.0 Å². The fraction of sp³-hybridized carbons (Fsp3) is 0.269. The zero-order valence-electron chi connectivity index (χ0n) is 19.9. The molecule has 3 aromatic heterocycles. The molecule has 4 heterocycles. The van der Waals surface area contributed by atoms with Gasteiger partial charge in [0, 0.05) is 29.2 Å². The standard InChI is InChI=1S/C26H23F3N6O/c1-15(2)23-20(5-4-10-30-23)24-31-13-18-12-22(36)34(25(18)32-24)14-17-6-8-19(9-7-17)35-16(3)11-21(33-35)26(27,28)29/h4-11,13,15H,12,14H2,1-3H3. The van der Waals surface area contributed by atoms with Crippen molar-refractivity contribution in [3.05, 3.63) is 83.1 Å². The molecule has 1 aromatic carbocycles. The Bertz CT molecular complexity index is 1440. The van der Waals surface area contributed by atoms with E-state index in [-0.39, 0.29) is 24.8 Å². The number of rotatable bonds is 5. The van der Waals surface area contributed by atoms with Gasteiger partial charge in [0.1, 0.15) is 5.82 Å². The number of hydrogen-bond donors (Lipinski definition) is 0. The van der Waals surface area contributed by atoms with Crippen molar-refractivity contribution in [2.45, 2.75) is 45.8 Å². The number of halogens is 3. The summed E-state index contributed by atoms with van der Waals surface area (Å²) in [6, 6.07) is 11.7. The normalized spacial score (nSPS) is 13.5. The van der Waals surface area contributed by atoms with Gasteiger partial charge in [0.25, 0.3) is 0 Å². The maximum Gasteiger partial charge on any atom is 0.435 e. The van der Waals surface area contributed by atoms with Crippen LogP contribution in [0.4, 0.5) is 19.0 Å². The lowest BCUT2D eigenvalue weighted by molar-refractivity contribution is -0.141. The molecule has 1 aliphatic heterocycles. The van der Waals surface area contributed by atoms with Gasteiger partial charge in [-0.25, -0.2) is 14.6 Å². The zero-order valence-corrected chi connectivity index (χ0v) is 19.9. The summed E-state index contributed by atoms with van der Waals surface area (Å²) in [7, 11) is 0. The SMILES string of the molecule is Cc1cc(C(F)(F)F)nn1-c1ccc(CN2C(=O)Cc3cnc(-c4cccnc4C(C)C)nc32)cc1. The number of fused-ring (bicyclic) bond motifs is 1. The van der Waals surface area contributed by atoms with E-state index in [1.807, 2.05) is 26.0 Å². The van der Waals surface area contributed by atoms with E-state index in [0.29, 0.717) is 23.0 Å². The molecule has 4 aromatic rings. The fourth-order valence-electron chi connectivity index (χ4n) is 4.29. The smallest absolute Gasteiger partial charge is 0.292 e. The lowest BCUT2D eigenvalue weighted by Crippen LogP contribution is -2.26. The van der Waals surface area contributed by atoms with Crippen molar-refractivity contribution in [3.63, 3.8) is 0 Å². The number of carbonyl (C=O) groups excluding carboxylic acids is 1. The van der Waals surface area contributed by atoms with Crippen LogP contribution in [-0.2, 0) is 23.9 Å². The molecule has 0 radical (unpaired) electrons. The number of anilines is 1. The first-order valence-electron chi connectivity index (χ1n) is 11.5. The fourth-order valence-corrected chi connectivity index (χ4v) is 4.29. The predicted molar refractivity (Wildman–Crippen MR) is 128 cm³/mol. The second kappa shape index (κ2) is 8.85. The molecule has 0 fully saturated rings. The van der Waals surface area contributed by atoms with Crippen LogP contribution in [0.5, 0.6) is 0 Å². The van der Waals surface area contributed by atoms with Crippen LogP contribution < -0.4 is 4.90 Å². The third kappa shape index (κ3) is 4.34. The first kappa shape index (κ1) is 23.7. The highest BCUT2D eigenvalue weighted by molar-refractivity contribution is 6.00. The van der Waals surface area contributed by atoms with Gasteiger partial charge in [-0.1, -0.05) is 26.0 Å². The highest BCUT2D eigenvalue weighted by atomic mass is 19.4. The molecular weight excluding hydrogens is 469 g/mol. The van der Waals surface area contributed by atoms with Gasteiger partial charge in [-0.2, -0.15) is 18.3 Å².